The number of carbonyl (C=O) groups is 2. The molecule has 2 aromatic rings. The number of anilines is 2. The van der Waals surface area contributed by atoms with Crippen molar-refractivity contribution in [1.29, 1.82) is 0 Å². The van der Waals surface area contributed by atoms with E-state index in [0.717, 1.165) is 23.4 Å². The number of piperazine rings is 1. The lowest BCUT2D eigenvalue weighted by molar-refractivity contribution is -0.137. The molecule has 2 N–H and O–H groups in total. The Bertz CT molecular complexity index is 990. The molecule has 3 rings (SSSR count). The number of alkyl halides is 3. The highest BCUT2D eigenvalue weighted by molar-refractivity contribution is 6.31. The summed E-state index contributed by atoms with van der Waals surface area (Å²) in [6.45, 7) is 6.22. The summed E-state index contributed by atoms with van der Waals surface area (Å²) in [5.41, 5.74) is 0.895. The van der Waals surface area contributed by atoms with E-state index >= 15 is 0 Å². The predicted molar refractivity (Wildman–Crippen MR) is 122 cm³/mol. The molecule has 0 aliphatic carbocycles. The Hall–Kier alpha value is -2.62. The molecule has 178 valence electrons. The van der Waals surface area contributed by atoms with E-state index in [2.05, 4.69) is 10.6 Å². The molecule has 1 aliphatic rings. The van der Waals surface area contributed by atoms with Crippen LogP contribution >= 0.6 is 11.6 Å². The minimum absolute atomic E-state index is 0.0370. The van der Waals surface area contributed by atoms with Crippen molar-refractivity contribution < 1.29 is 22.8 Å². The van der Waals surface area contributed by atoms with Crippen LogP contribution in [0.15, 0.2) is 42.5 Å². The van der Waals surface area contributed by atoms with Crippen molar-refractivity contribution in [2.75, 3.05) is 43.4 Å². The van der Waals surface area contributed by atoms with Crippen LogP contribution in [0.4, 0.5) is 24.5 Å². The number of carbonyl (C=O) groups excluding carboxylic acids is 2. The zero-order valence-electron chi connectivity index (χ0n) is 18.4. The van der Waals surface area contributed by atoms with Gasteiger partial charge >= 0.3 is 6.18 Å². The van der Waals surface area contributed by atoms with Gasteiger partial charge in [-0.15, -0.1) is 0 Å². The Morgan fingerprint density at radius 1 is 1.00 bits per heavy atom. The van der Waals surface area contributed by atoms with Crippen LogP contribution < -0.4 is 10.6 Å². The van der Waals surface area contributed by atoms with Crippen molar-refractivity contribution in [2.45, 2.75) is 26.1 Å². The SMILES string of the molecule is Cc1ccc(NC(=O)CN2CCN(C(C)C(=O)Nc3ccc(Cl)c(C(F)(F)F)c3)CC2)cc1. The highest BCUT2D eigenvalue weighted by atomic mass is 35.5. The van der Waals surface area contributed by atoms with Gasteiger partial charge in [-0.25, -0.2) is 0 Å². The van der Waals surface area contributed by atoms with Gasteiger partial charge in [0.05, 0.1) is 23.2 Å². The maximum Gasteiger partial charge on any atom is 0.417 e. The molecule has 6 nitrogen and oxygen atoms in total. The van der Waals surface area contributed by atoms with Crippen LogP contribution in [-0.2, 0) is 15.8 Å². The molecule has 33 heavy (non-hydrogen) atoms. The van der Waals surface area contributed by atoms with E-state index in [0.29, 0.717) is 26.2 Å². The summed E-state index contributed by atoms with van der Waals surface area (Å²) < 4.78 is 39.1. The zero-order chi connectivity index (χ0) is 24.2. The van der Waals surface area contributed by atoms with E-state index in [-0.39, 0.29) is 18.1 Å². The third-order valence-electron chi connectivity index (χ3n) is 5.58. The number of rotatable bonds is 6. The average Bonchev–Trinajstić information content (AvgIpc) is 2.76. The van der Waals surface area contributed by atoms with Gasteiger partial charge in [-0.3, -0.25) is 19.4 Å². The second-order valence-electron chi connectivity index (χ2n) is 8.08. The van der Waals surface area contributed by atoms with Gasteiger partial charge in [0, 0.05) is 37.6 Å². The minimum Gasteiger partial charge on any atom is -0.325 e. The maximum absolute atomic E-state index is 13.0. The fraction of sp³-hybridized carbons (Fsp3) is 0.391. The number of aryl methyl sites for hydroxylation is 1. The molecule has 0 spiro atoms. The Morgan fingerprint density at radius 3 is 2.21 bits per heavy atom. The summed E-state index contributed by atoms with van der Waals surface area (Å²) in [6.07, 6.45) is -4.61. The Kier molecular flexibility index (Phi) is 7.99. The molecular weight excluding hydrogens is 457 g/mol. The maximum atomic E-state index is 13.0. The number of halogens is 4. The molecular formula is C23H26ClF3N4O2. The van der Waals surface area contributed by atoms with E-state index < -0.39 is 28.7 Å². The Labute approximate surface area is 195 Å². The first-order chi connectivity index (χ1) is 15.5. The molecule has 1 aliphatic heterocycles. The normalized spacial score (nSPS) is 16.3. The summed E-state index contributed by atoms with van der Waals surface area (Å²) in [6, 6.07) is 10.3. The van der Waals surface area contributed by atoms with Gasteiger partial charge in [-0.05, 0) is 44.2 Å². The molecule has 2 amide bonds. The zero-order valence-corrected chi connectivity index (χ0v) is 19.1. The first-order valence-corrected chi connectivity index (χ1v) is 10.9. The second-order valence-corrected chi connectivity index (χ2v) is 8.49. The number of amides is 2. The van der Waals surface area contributed by atoms with Crippen molar-refractivity contribution in [3.8, 4) is 0 Å². The first-order valence-electron chi connectivity index (χ1n) is 10.5. The number of nitrogens with zero attached hydrogens (tertiary/aromatic N) is 2. The van der Waals surface area contributed by atoms with Gasteiger partial charge in [0.2, 0.25) is 11.8 Å². The molecule has 2 aromatic carbocycles. The third kappa shape index (κ3) is 6.93. The van der Waals surface area contributed by atoms with Crippen LogP contribution in [0.3, 0.4) is 0 Å². The van der Waals surface area contributed by atoms with E-state index in [4.69, 9.17) is 11.6 Å². The van der Waals surface area contributed by atoms with Crippen molar-refractivity contribution in [3.63, 3.8) is 0 Å². The molecule has 0 bridgehead atoms. The van der Waals surface area contributed by atoms with Crippen molar-refractivity contribution in [2.24, 2.45) is 0 Å². The number of nitrogens with one attached hydrogen (secondary N) is 2. The predicted octanol–water partition coefficient (Wildman–Crippen LogP) is 4.25. The number of benzene rings is 2. The van der Waals surface area contributed by atoms with Crippen LogP contribution in [0.5, 0.6) is 0 Å². The van der Waals surface area contributed by atoms with Crippen LogP contribution in [0.25, 0.3) is 0 Å². The molecule has 10 heteroatoms. The van der Waals surface area contributed by atoms with E-state index in [1.165, 1.54) is 6.07 Å². The first kappa shape index (κ1) is 25.0. The van der Waals surface area contributed by atoms with Crippen LogP contribution in [-0.4, -0.2) is 60.4 Å². The molecule has 0 aromatic heterocycles. The lowest BCUT2D eigenvalue weighted by Crippen LogP contribution is -2.53. The van der Waals surface area contributed by atoms with Crippen LogP contribution in [0.2, 0.25) is 5.02 Å². The highest BCUT2D eigenvalue weighted by Crippen LogP contribution is 2.36. The smallest absolute Gasteiger partial charge is 0.325 e. The standard InChI is InChI=1S/C23H26ClF3N4O2/c1-15-3-5-17(6-4-15)28-21(32)14-30-9-11-31(12-10-30)16(2)22(33)29-18-7-8-20(24)19(13-18)23(25,26)27/h3-8,13,16H,9-12,14H2,1-2H3,(H,28,32)(H,29,33). The largest absolute Gasteiger partial charge is 0.417 e. The molecule has 1 heterocycles. The minimum atomic E-state index is -4.61. The van der Waals surface area contributed by atoms with E-state index in [1.807, 2.05) is 41.0 Å². The van der Waals surface area contributed by atoms with Gasteiger partial charge in [0.15, 0.2) is 0 Å². The second kappa shape index (κ2) is 10.5. The third-order valence-corrected chi connectivity index (χ3v) is 5.91. The number of hydrogen-bond acceptors (Lipinski definition) is 4. The average molecular weight is 483 g/mol. The fourth-order valence-corrected chi connectivity index (χ4v) is 3.81. The van der Waals surface area contributed by atoms with Gasteiger partial charge in [0.25, 0.3) is 0 Å². The molecule has 0 saturated carbocycles. The topological polar surface area (TPSA) is 64.7 Å². The van der Waals surface area contributed by atoms with Crippen LogP contribution in [0, 0.1) is 6.92 Å². The highest BCUT2D eigenvalue weighted by Gasteiger charge is 2.34. The van der Waals surface area contributed by atoms with Crippen molar-refractivity contribution in [1.82, 2.24) is 9.80 Å². The summed E-state index contributed by atoms with van der Waals surface area (Å²) in [5, 5.41) is 4.98. The van der Waals surface area contributed by atoms with Gasteiger partial charge in [-0.2, -0.15) is 13.2 Å². The molecule has 1 atom stereocenters. The van der Waals surface area contributed by atoms with Crippen molar-refractivity contribution in [3.05, 3.63) is 58.6 Å². The van der Waals surface area contributed by atoms with Gasteiger partial charge in [0.1, 0.15) is 0 Å². The summed E-state index contributed by atoms with van der Waals surface area (Å²) in [4.78, 5) is 28.8. The summed E-state index contributed by atoms with van der Waals surface area (Å²) >= 11 is 5.63. The summed E-state index contributed by atoms with van der Waals surface area (Å²) in [5.74, 6) is -0.516. The van der Waals surface area contributed by atoms with Crippen LogP contribution in [0.1, 0.15) is 18.1 Å². The molecule has 1 unspecified atom stereocenters. The molecule has 0 radical (unpaired) electrons. The lowest BCUT2D eigenvalue weighted by Gasteiger charge is -2.37. The van der Waals surface area contributed by atoms with E-state index in [9.17, 15) is 22.8 Å². The molecule has 1 fully saturated rings. The van der Waals surface area contributed by atoms with Gasteiger partial charge < -0.3 is 10.6 Å². The lowest BCUT2D eigenvalue weighted by atomic mass is 10.1. The van der Waals surface area contributed by atoms with E-state index in [1.54, 1.807) is 6.92 Å². The van der Waals surface area contributed by atoms with Crippen molar-refractivity contribution >= 4 is 34.8 Å². The van der Waals surface area contributed by atoms with Gasteiger partial charge in [-0.1, -0.05) is 29.3 Å². The Balaban J connectivity index is 1.48. The number of hydrogen-bond donors (Lipinski definition) is 2. The molecule has 1 saturated heterocycles. The quantitative estimate of drug-likeness (QED) is 0.646. The Morgan fingerprint density at radius 2 is 1.61 bits per heavy atom. The monoisotopic (exact) mass is 482 g/mol. The summed E-state index contributed by atoms with van der Waals surface area (Å²) in [7, 11) is 0. The fourth-order valence-electron chi connectivity index (χ4n) is 3.58.